The van der Waals surface area contributed by atoms with E-state index in [4.69, 9.17) is 27.7 Å². The minimum Gasteiger partial charge on any atom is -0.363 e. The van der Waals surface area contributed by atoms with E-state index in [1.165, 1.54) is 0 Å². The molecule has 2 atom stereocenters. The summed E-state index contributed by atoms with van der Waals surface area (Å²) >= 11 is 0. The number of nitrogens with two attached hydrogens (primary N) is 4. The Morgan fingerprint density at radius 2 is 1.20 bits per heavy atom. The van der Waals surface area contributed by atoms with Crippen LogP contribution in [0.1, 0.15) is 26.7 Å². The van der Waals surface area contributed by atoms with Crippen molar-refractivity contribution in [2.75, 3.05) is 0 Å². The first-order valence-electron chi connectivity index (χ1n) is 4.89. The second-order valence-electron chi connectivity index (χ2n) is 3.55. The van der Waals surface area contributed by atoms with E-state index in [0.29, 0.717) is 0 Å². The molecule has 0 aromatic rings. The standard InChI is InChI=1S/C8H22N4O3/c1-3-7(13,5(9)10)15-8(14,4-2)6(11)12/h5-6,13-14H,3-4,9-12H2,1-2H3. The van der Waals surface area contributed by atoms with Crippen molar-refractivity contribution in [3.8, 4) is 0 Å². The number of ether oxygens (including phenoxy) is 1. The van der Waals surface area contributed by atoms with Crippen LogP contribution >= 0.6 is 0 Å². The van der Waals surface area contributed by atoms with Crippen LogP contribution in [0.15, 0.2) is 0 Å². The van der Waals surface area contributed by atoms with Gasteiger partial charge in [0.05, 0.1) is 0 Å². The number of hydrogen-bond acceptors (Lipinski definition) is 7. The fraction of sp³-hybridized carbons (Fsp3) is 1.00. The second-order valence-corrected chi connectivity index (χ2v) is 3.55. The molecule has 0 rings (SSSR count). The highest BCUT2D eigenvalue weighted by Crippen LogP contribution is 2.24. The molecule has 0 heterocycles. The molecule has 0 aliphatic heterocycles. The molecule has 7 heteroatoms. The topological polar surface area (TPSA) is 154 Å². The Morgan fingerprint density at radius 3 is 1.33 bits per heavy atom. The van der Waals surface area contributed by atoms with Crippen LogP contribution in [0, 0.1) is 0 Å². The van der Waals surface area contributed by atoms with Crippen molar-refractivity contribution in [2.24, 2.45) is 22.9 Å². The summed E-state index contributed by atoms with van der Waals surface area (Å²) in [4.78, 5) is 0. The van der Waals surface area contributed by atoms with E-state index < -0.39 is 23.9 Å². The van der Waals surface area contributed by atoms with E-state index in [2.05, 4.69) is 0 Å². The molecular formula is C8H22N4O3. The van der Waals surface area contributed by atoms with Crippen molar-refractivity contribution in [1.29, 1.82) is 0 Å². The lowest BCUT2D eigenvalue weighted by molar-refractivity contribution is -0.347. The van der Waals surface area contributed by atoms with Gasteiger partial charge >= 0.3 is 0 Å². The first-order chi connectivity index (χ1) is 6.72. The minimum atomic E-state index is -1.85. The van der Waals surface area contributed by atoms with Crippen molar-refractivity contribution >= 4 is 0 Å². The van der Waals surface area contributed by atoms with Crippen LogP contribution in [0.3, 0.4) is 0 Å². The summed E-state index contributed by atoms with van der Waals surface area (Å²) in [6.45, 7) is 3.23. The van der Waals surface area contributed by atoms with Crippen molar-refractivity contribution < 1.29 is 14.9 Å². The van der Waals surface area contributed by atoms with Gasteiger partial charge in [0.2, 0.25) is 0 Å². The minimum absolute atomic E-state index is 0.111. The first kappa shape index (κ1) is 14.7. The molecule has 92 valence electrons. The van der Waals surface area contributed by atoms with E-state index in [9.17, 15) is 10.2 Å². The average molecular weight is 222 g/mol. The Labute approximate surface area is 89.4 Å². The Hall–Kier alpha value is -0.280. The fourth-order valence-corrected chi connectivity index (χ4v) is 1.06. The summed E-state index contributed by atoms with van der Waals surface area (Å²) in [5.74, 6) is -3.69. The van der Waals surface area contributed by atoms with Crippen LogP contribution in [0.25, 0.3) is 0 Å². The summed E-state index contributed by atoms with van der Waals surface area (Å²) in [5.41, 5.74) is 21.4. The zero-order valence-corrected chi connectivity index (χ0v) is 9.18. The molecule has 0 aromatic heterocycles. The van der Waals surface area contributed by atoms with Gasteiger partial charge in [0.15, 0.2) is 11.6 Å². The number of aliphatic hydroxyl groups is 2. The van der Waals surface area contributed by atoms with Gasteiger partial charge in [0.1, 0.15) is 12.3 Å². The lowest BCUT2D eigenvalue weighted by atomic mass is 10.1. The molecule has 0 radical (unpaired) electrons. The third kappa shape index (κ3) is 3.35. The van der Waals surface area contributed by atoms with Crippen molar-refractivity contribution in [2.45, 2.75) is 50.6 Å². The molecule has 0 spiro atoms. The van der Waals surface area contributed by atoms with E-state index in [-0.39, 0.29) is 12.8 Å². The van der Waals surface area contributed by atoms with E-state index >= 15 is 0 Å². The SMILES string of the molecule is CCC(O)(OC(O)(CC)C(N)N)C(N)N. The van der Waals surface area contributed by atoms with Crippen LogP contribution in [-0.4, -0.2) is 34.1 Å². The predicted octanol–water partition coefficient (Wildman–Crippen LogP) is -2.31. The third-order valence-electron chi connectivity index (χ3n) is 2.41. The highest BCUT2D eigenvalue weighted by molar-refractivity contribution is 4.82. The van der Waals surface area contributed by atoms with Crippen molar-refractivity contribution in [1.82, 2.24) is 0 Å². The molecule has 0 saturated heterocycles. The molecule has 10 N–H and O–H groups in total. The van der Waals surface area contributed by atoms with Gasteiger partial charge in [-0.2, -0.15) is 0 Å². The third-order valence-corrected chi connectivity index (χ3v) is 2.41. The predicted molar refractivity (Wildman–Crippen MR) is 55.9 cm³/mol. The fourth-order valence-electron chi connectivity index (χ4n) is 1.06. The van der Waals surface area contributed by atoms with Crippen LogP contribution in [0.2, 0.25) is 0 Å². The largest absolute Gasteiger partial charge is 0.363 e. The van der Waals surface area contributed by atoms with Gasteiger partial charge in [-0.15, -0.1) is 0 Å². The molecular weight excluding hydrogens is 200 g/mol. The summed E-state index contributed by atoms with van der Waals surface area (Å²) in [7, 11) is 0. The molecule has 0 bridgehead atoms. The van der Waals surface area contributed by atoms with Crippen LogP contribution in [0.4, 0.5) is 0 Å². The zero-order chi connectivity index (χ0) is 12.3. The Bertz CT molecular complexity index is 182. The zero-order valence-electron chi connectivity index (χ0n) is 9.18. The molecule has 2 unspecified atom stereocenters. The molecule has 0 aliphatic rings. The van der Waals surface area contributed by atoms with Gasteiger partial charge in [-0.25, -0.2) is 0 Å². The summed E-state index contributed by atoms with van der Waals surface area (Å²) in [5, 5.41) is 19.7. The van der Waals surface area contributed by atoms with Crippen LogP contribution < -0.4 is 22.9 Å². The quantitative estimate of drug-likeness (QED) is 0.276. The molecule has 0 fully saturated rings. The Kier molecular flexibility index (Phi) is 5.07. The second kappa shape index (κ2) is 5.17. The highest BCUT2D eigenvalue weighted by atomic mass is 16.7. The van der Waals surface area contributed by atoms with Crippen LogP contribution in [0.5, 0.6) is 0 Å². The van der Waals surface area contributed by atoms with Gasteiger partial charge in [-0.1, -0.05) is 13.8 Å². The lowest BCUT2D eigenvalue weighted by Gasteiger charge is -2.40. The maximum atomic E-state index is 9.87. The highest BCUT2D eigenvalue weighted by Gasteiger charge is 2.43. The Morgan fingerprint density at radius 1 is 0.933 bits per heavy atom. The van der Waals surface area contributed by atoms with E-state index in [1.807, 2.05) is 0 Å². The maximum Gasteiger partial charge on any atom is 0.197 e. The smallest absolute Gasteiger partial charge is 0.197 e. The Balaban J connectivity index is 4.79. The van der Waals surface area contributed by atoms with Crippen molar-refractivity contribution in [3.63, 3.8) is 0 Å². The molecule has 0 aromatic carbocycles. The number of hydrogen-bond donors (Lipinski definition) is 6. The number of rotatable bonds is 6. The average Bonchev–Trinajstić information content (AvgIpc) is 2.16. The maximum absolute atomic E-state index is 9.87. The lowest BCUT2D eigenvalue weighted by Crippen LogP contribution is -2.64. The summed E-state index contributed by atoms with van der Waals surface area (Å²) < 4.78 is 5.06. The summed E-state index contributed by atoms with van der Waals surface area (Å²) in [6, 6.07) is 0. The molecule has 0 saturated carbocycles. The first-order valence-corrected chi connectivity index (χ1v) is 4.89. The van der Waals surface area contributed by atoms with Gasteiger partial charge in [-0.3, -0.25) is 0 Å². The molecule has 7 nitrogen and oxygen atoms in total. The van der Waals surface area contributed by atoms with Crippen LogP contribution in [-0.2, 0) is 4.74 Å². The van der Waals surface area contributed by atoms with Gasteiger partial charge < -0.3 is 37.9 Å². The molecule has 0 aliphatic carbocycles. The normalized spacial score (nSPS) is 20.4. The molecule has 0 amide bonds. The van der Waals surface area contributed by atoms with E-state index in [1.54, 1.807) is 13.8 Å². The van der Waals surface area contributed by atoms with E-state index in [0.717, 1.165) is 0 Å². The molecule has 15 heavy (non-hydrogen) atoms. The van der Waals surface area contributed by atoms with Gasteiger partial charge in [0.25, 0.3) is 0 Å². The summed E-state index contributed by atoms with van der Waals surface area (Å²) in [6.07, 6.45) is -2.09. The van der Waals surface area contributed by atoms with Crippen molar-refractivity contribution in [3.05, 3.63) is 0 Å². The van der Waals surface area contributed by atoms with Gasteiger partial charge in [0, 0.05) is 12.8 Å². The van der Waals surface area contributed by atoms with Gasteiger partial charge in [-0.05, 0) is 0 Å². The monoisotopic (exact) mass is 222 g/mol.